The first kappa shape index (κ1) is 34.1. The van der Waals surface area contributed by atoms with Gasteiger partial charge in [0.05, 0.1) is 25.7 Å². The summed E-state index contributed by atoms with van der Waals surface area (Å²) in [5, 5.41) is 7.90. The summed E-state index contributed by atoms with van der Waals surface area (Å²) in [6.45, 7) is 19.9. The van der Waals surface area contributed by atoms with Gasteiger partial charge in [-0.1, -0.05) is 102 Å². The van der Waals surface area contributed by atoms with Gasteiger partial charge in [-0.3, -0.25) is 0 Å². The van der Waals surface area contributed by atoms with Crippen LogP contribution < -0.4 is 29.5 Å². The maximum absolute atomic E-state index is 6.83. The average Bonchev–Trinajstić information content (AvgIpc) is 3.37. The first-order valence-electron chi connectivity index (χ1n) is 14.6. The van der Waals surface area contributed by atoms with Gasteiger partial charge in [-0.15, -0.1) is 0 Å². The van der Waals surface area contributed by atoms with Gasteiger partial charge < -0.3 is 19.5 Å². The predicted molar refractivity (Wildman–Crippen MR) is 198 cm³/mol. The smallest absolute Gasteiger partial charge is 0.382 e. The first-order valence-corrected chi connectivity index (χ1v) is 16.1. The molecule has 1 unspecified atom stereocenters. The molecule has 0 aliphatic carbocycles. The Labute approximate surface area is 294 Å². The third-order valence-electron chi connectivity index (χ3n) is 7.62. The second-order valence-corrected chi connectivity index (χ2v) is 12.3. The van der Waals surface area contributed by atoms with Crippen LogP contribution in [0.3, 0.4) is 0 Å². The summed E-state index contributed by atoms with van der Waals surface area (Å²) in [6.07, 6.45) is 3.74. The van der Waals surface area contributed by atoms with Crippen LogP contribution in [0.2, 0.25) is 20.1 Å². The topological polar surface area (TPSA) is 65.8 Å². The van der Waals surface area contributed by atoms with Gasteiger partial charge in [0, 0.05) is 6.04 Å². The SMILES string of the molecule is C=C/C(=C\C)C(C)Nc1c(Oc2c(Cl)cccc2Cl)c(Oc2c(Cl)cccc2Cl)c(Oc2c(C)cccc2C)c2c1C(=[N+]=C)NC2=C. The molecule has 0 spiro atoms. The molecule has 1 heterocycles. The van der Waals surface area contributed by atoms with Gasteiger partial charge in [0.15, 0.2) is 29.7 Å². The number of anilines is 1. The maximum Gasteiger partial charge on any atom is 0.382 e. The maximum atomic E-state index is 6.83. The van der Waals surface area contributed by atoms with E-state index in [9.17, 15) is 0 Å². The standard InChI is InChI=1S/C37H31Cl4N3O3/c1-8-23(9-2)21(5)43-30-29-28(22(6)44-37(29)42-7)34(45-31-19(3)13-10-14-20(31)4)36(47-33-26(40)17-12-18-27(33)41)35(30)46-32-24(38)15-11-16-25(32)39/h8-18,21H,1,6-7H2,2-5H3,(H,43,44)/p+1/b23-9+. The number of amidine groups is 1. The van der Waals surface area contributed by atoms with Crippen LogP contribution in [0, 0.1) is 13.8 Å². The molecule has 10 heteroatoms. The van der Waals surface area contributed by atoms with E-state index in [-0.39, 0.29) is 54.9 Å². The Hall–Kier alpha value is -4.29. The average molecular weight is 708 g/mol. The quantitative estimate of drug-likeness (QED) is 0.0975. The molecule has 1 aliphatic rings. The van der Waals surface area contributed by atoms with Gasteiger partial charge in [-0.25, -0.2) is 9.98 Å². The van der Waals surface area contributed by atoms with E-state index < -0.39 is 0 Å². The Morgan fingerprint density at radius 1 is 0.766 bits per heavy atom. The molecule has 0 saturated carbocycles. The van der Waals surface area contributed by atoms with Crippen molar-refractivity contribution in [3.63, 3.8) is 0 Å². The number of halogens is 4. The highest BCUT2D eigenvalue weighted by atomic mass is 35.5. The molecule has 1 aliphatic heterocycles. The predicted octanol–water partition coefficient (Wildman–Crippen LogP) is 11.3. The van der Waals surface area contributed by atoms with E-state index in [2.05, 4.69) is 35.2 Å². The fourth-order valence-electron chi connectivity index (χ4n) is 5.29. The van der Waals surface area contributed by atoms with Crippen LogP contribution in [0.15, 0.2) is 85.5 Å². The lowest BCUT2D eigenvalue weighted by atomic mass is 10.00. The second-order valence-electron chi connectivity index (χ2n) is 10.7. The summed E-state index contributed by atoms with van der Waals surface area (Å²) in [5.41, 5.74) is 4.79. The number of hydrogen-bond donors (Lipinski definition) is 2. The summed E-state index contributed by atoms with van der Waals surface area (Å²) in [4.78, 5) is 0. The monoisotopic (exact) mass is 706 g/mol. The number of benzene rings is 4. The van der Waals surface area contributed by atoms with Crippen molar-refractivity contribution in [2.24, 2.45) is 0 Å². The highest BCUT2D eigenvalue weighted by Crippen LogP contribution is 2.57. The summed E-state index contributed by atoms with van der Waals surface area (Å²) in [7, 11) is 0. The molecule has 0 aromatic heterocycles. The number of rotatable bonds is 10. The van der Waals surface area contributed by atoms with E-state index in [1.165, 1.54) is 0 Å². The molecule has 4 aromatic rings. The molecular weight excluding hydrogens is 676 g/mol. The molecule has 2 N–H and O–H groups in total. The largest absolute Gasteiger partial charge is 0.452 e. The van der Waals surface area contributed by atoms with E-state index in [0.717, 1.165) is 16.7 Å². The minimum atomic E-state index is -0.271. The Morgan fingerprint density at radius 2 is 1.26 bits per heavy atom. The van der Waals surface area contributed by atoms with Crippen LogP contribution in [0.4, 0.5) is 5.69 Å². The van der Waals surface area contributed by atoms with Crippen LogP contribution >= 0.6 is 46.4 Å². The number of fused-ring (bicyclic) bond motifs is 1. The van der Waals surface area contributed by atoms with Crippen molar-refractivity contribution < 1.29 is 14.2 Å². The van der Waals surface area contributed by atoms with Gasteiger partial charge >= 0.3 is 5.84 Å². The number of nitrogens with one attached hydrogen (secondary N) is 2. The Balaban J connectivity index is 1.96. The van der Waals surface area contributed by atoms with Crippen molar-refractivity contribution in [3.8, 4) is 34.5 Å². The van der Waals surface area contributed by atoms with Gasteiger partial charge in [0.1, 0.15) is 22.7 Å². The minimum Gasteiger partial charge on any atom is -0.452 e. The lowest BCUT2D eigenvalue weighted by molar-refractivity contribution is 0.385. The zero-order valence-electron chi connectivity index (χ0n) is 26.2. The fourth-order valence-corrected chi connectivity index (χ4v) is 6.24. The van der Waals surface area contributed by atoms with E-state index >= 15 is 0 Å². The van der Waals surface area contributed by atoms with Crippen molar-refractivity contribution >= 4 is 70.3 Å². The number of aryl methyl sites for hydroxylation is 2. The number of hydrogen-bond acceptors (Lipinski definition) is 4. The molecule has 240 valence electrons. The van der Waals surface area contributed by atoms with Crippen LogP contribution in [0.5, 0.6) is 34.5 Å². The number of allylic oxidation sites excluding steroid dienone is 1. The van der Waals surface area contributed by atoms with E-state index in [1.807, 2.05) is 52.0 Å². The molecule has 5 rings (SSSR count). The van der Waals surface area contributed by atoms with Gasteiger partial charge in [0.2, 0.25) is 5.75 Å². The Morgan fingerprint density at radius 3 is 1.74 bits per heavy atom. The van der Waals surface area contributed by atoms with E-state index in [4.69, 9.17) is 60.6 Å². The molecule has 0 saturated heterocycles. The Kier molecular flexibility index (Phi) is 10.3. The van der Waals surface area contributed by atoms with Gasteiger partial charge in [-0.2, -0.15) is 0 Å². The summed E-state index contributed by atoms with van der Waals surface area (Å²) >= 11 is 26.7. The number of ether oxygens (including phenoxy) is 3. The van der Waals surface area contributed by atoms with E-state index in [1.54, 1.807) is 42.5 Å². The number of para-hydroxylation sites is 3. The molecule has 0 radical (unpaired) electrons. The summed E-state index contributed by atoms with van der Waals surface area (Å²) < 4.78 is 24.5. The number of nitrogens with zero attached hydrogens (tertiary/aromatic N) is 1. The molecule has 4 aromatic carbocycles. The highest BCUT2D eigenvalue weighted by molar-refractivity contribution is 6.37. The lowest BCUT2D eigenvalue weighted by Crippen LogP contribution is -2.22. The highest BCUT2D eigenvalue weighted by Gasteiger charge is 2.42. The molecule has 0 bridgehead atoms. The summed E-state index contributed by atoms with van der Waals surface area (Å²) in [6, 6.07) is 15.7. The molecular formula is C37H32Cl4N3O3+. The van der Waals surface area contributed by atoms with Crippen molar-refractivity contribution in [1.29, 1.82) is 0 Å². The van der Waals surface area contributed by atoms with Crippen molar-refractivity contribution in [2.75, 3.05) is 5.32 Å². The normalized spacial score (nSPS) is 13.0. The lowest BCUT2D eigenvalue weighted by Gasteiger charge is -2.26. The fraction of sp³-hybridized carbons (Fsp3) is 0.135. The first-order chi connectivity index (χ1) is 22.5. The van der Waals surface area contributed by atoms with Crippen molar-refractivity contribution in [1.82, 2.24) is 9.98 Å². The minimum absolute atomic E-state index is 0.126. The molecule has 0 fully saturated rings. The van der Waals surface area contributed by atoms with Crippen LogP contribution in [0.25, 0.3) is 5.70 Å². The molecule has 47 heavy (non-hydrogen) atoms. The van der Waals surface area contributed by atoms with Gasteiger partial charge in [-0.05, 0) is 68.7 Å². The van der Waals surface area contributed by atoms with Crippen molar-refractivity contribution in [3.05, 3.63) is 128 Å². The summed E-state index contributed by atoms with van der Waals surface area (Å²) in [5.74, 6) is 1.95. The van der Waals surface area contributed by atoms with Crippen molar-refractivity contribution in [2.45, 2.75) is 33.7 Å². The van der Waals surface area contributed by atoms with E-state index in [0.29, 0.717) is 34.1 Å². The van der Waals surface area contributed by atoms with Crippen LogP contribution in [-0.2, 0) is 0 Å². The molecule has 0 amide bonds. The van der Waals surface area contributed by atoms with Gasteiger partial charge in [0.25, 0.3) is 0 Å². The Bertz CT molecular complexity index is 1950. The third kappa shape index (κ3) is 6.62. The van der Waals surface area contributed by atoms with Crippen LogP contribution in [-0.4, -0.2) is 18.6 Å². The third-order valence-corrected chi connectivity index (χ3v) is 8.81. The zero-order valence-corrected chi connectivity index (χ0v) is 29.3. The zero-order chi connectivity index (χ0) is 34.0. The van der Waals surface area contributed by atoms with Crippen LogP contribution in [0.1, 0.15) is 36.1 Å². The molecule has 6 nitrogen and oxygen atoms in total. The molecule has 1 atom stereocenters. The second kappa shape index (κ2) is 14.2.